The highest BCUT2D eigenvalue weighted by molar-refractivity contribution is 5.95. The van der Waals surface area contributed by atoms with Crippen molar-refractivity contribution in [1.29, 1.82) is 0 Å². The Kier molecular flexibility index (Phi) is 3.05. The summed E-state index contributed by atoms with van der Waals surface area (Å²) in [5.74, 6) is 3.75. The van der Waals surface area contributed by atoms with Crippen LogP contribution in [0.15, 0.2) is 18.2 Å². The highest BCUT2D eigenvalue weighted by Gasteiger charge is 2.42. The lowest BCUT2D eigenvalue weighted by Gasteiger charge is -2.28. The quantitative estimate of drug-likeness (QED) is 0.929. The van der Waals surface area contributed by atoms with Crippen LogP contribution >= 0.6 is 0 Å². The van der Waals surface area contributed by atoms with Crippen LogP contribution in [0, 0.1) is 17.8 Å². The number of benzene rings is 1. The molecule has 0 saturated heterocycles. The second-order valence-corrected chi connectivity index (χ2v) is 6.67. The summed E-state index contributed by atoms with van der Waals surface area (Å²) >= 11 is 0. The number of fused-ring (bicyclic) bond motifs is 3. The number of nitrogens with one attached hydrogen (secondary N) is 1. The summed E-state index contributed by atoms with van der Waals surface area (Å²) in [5.41, 5.74) is 0.647. The fraction of sp³-hybridized carbons (Fsp3) is 0.588. The first-order chi connectivity index (χ1) is 10.2. The van der Waals surface area contributed by atoms with Crippen LogP contribution in [0.2, 0.25) is 0 Å². The van der Waals surface area contributed by atoms with Crippen molar-refractivity contribution in [2.45, 2.75) is 38.6 Å². The molecule has 4 rings (SSSR count). The minimum absolute atomic E-state index is 0.0106. The number of carbonyl (C=O) groups is 1. The highest BCUT2D eigenvalue weighted by Crippen LogP contribution is 2.49. The van der Waals surface area contributed by atoms with Gasteiger partial charge in [0.1, 0.15) is 0 Å². The molecule has 2 bridgehead atoms. The molecule has 1 aliphatic heterocycles. The van der Waals surface area contributed by atoms with Crippen LogP contribution in [0.4, 0.5) is 0 Å². The third kappa shape index (κ3) is 2.27. The average molecular weight is 287 g/mol. The van der Waals surface area contributed by atoms with Gasteiger partial charge in [-0.25, -0.2) is 0 Å². The van der Waals surface area contributed by atoms with E-state index in [1.165, 1.54) is 25.7 Å². The summed E-state index contributed by atoms with van der Waals surface area (Å²) in [6, 6.07) is 5.62. The third-order valence-corrected chi connectivity index (χ3v) is 5.43. The van der Waals surface area contributed by atoms with Gasteiger partial charge in [-0.3, -0.25) is 4.79 Å². The Morgan fingerprint density at radius 1 is 1.24 bits per heavy atom. The van der Waals surface area contributed by atoms with E-state index in [1.807, 2.05) is 0 Å². The van der Waals surface area contributed by atoms with Crippen molar-refractivity contribution in [1.82, 2.24) is 5.32 Å². The second-order valence-electron chi connectivity index (χ2n) is 6.67. The zero-order valence-electron chi connectivity index (χ0n) is 12.3. The zero-order valence-corrected chi connectivity index (χ0v) is 12.3. The summed E-state index contributed by atoms with van der Waals surface area (Å²) in [6.07, 6.45) is 5.39. The van der Waals surface area contributed by atoms with Gasteiger partial charge in [-0.2, -0.15) is 0 Å². The first kappa shape index (κ1) is 13.0. The Morgan fingerprint density at radius 3 is 2.86 bits per heavy atom. The molecule has 1 aromatic rings. The molecule has 4 heteroatoms. The van der Waals surface area contributed by atoms with E-state index in [4.69, 9.17) is 9.47 Å². The Hall–Kier alpha value is -1.71. The Balaban J connectivity index is 1.43. The van der Waals surface area contributed by atoms with E-state index in [0.717, 1.165) is 11.8 Å². The molecule has 112 valence electrons. The van der Waals surface area contributed by atoms with Gasteiger partial charge < -0.3 is 14.8 Å². The lowest BCUT2D eigenvalue weighted by Crippen LogP contribution is -2.40. The zero-order chi connectivity index (χ0) is 14.4. The van der Waals surface area contributed by atoms with Gasteiger partial charge in [0.15, 0.2) is 11.5 Å². The largest absolute Gasteiger partial charge is 0.454 e. The number of hydrogen-bond acceptors (Lipinski definition) is 3. The van der Waals surface area contributed by atoms with Crippen molar-refractivity contribution < 1.29 is 14.3 Å². The lowest BCUT2D eigenvalue weighted by atomic mass is 9.84. The predicted molar refractivity (Wildman–Crippen MR) is 78.4 cm³/mol. The molecule has 0 radical (unpaired) electrons. The predicted octanol–water partition coefficient (Wildman–Crippen LogP) is 2.97. The van der Waals surface area contributed by atoms with Crippen LogP contribution in [0.25, 0.3) is 0 Å². The Labute approximate surface area is 124 Å². The topological polar surface area (TPSA) is 47.6 Å². The fourth-order valence-electron chi connectivity index (χ4n) is 4.34. The number of ether oxygens (including phenoxy) is 2. The van der Waals surface area contributed by atoms with Gasteiger partial charge in [-0.15, -0.1) is 0 Å². The van der Waals surface area contributed by atoms with Crippen LogP contribution in [0.1, 0.15) is 43.0 Å². The maximum absolute atomic E-state index is 12.4. The molecule has 4 atom stereocenters. The molecule has 21 heavy (non-hydrogen) atoms. The van der Waals surface area contributed by atoms with Crippen molar-refractivity contribution >= 4 is 5.91 Å². The minimum atomic E-state index is -0.0106. The van der Waals surface area contributed by atoms with Crippen LogP contribution in [-0.4, -0.2) is 18.7 Å². The normalized spacial score (nSPS) is 30.4. The molecule has 0 unspecified atom stereocenters. The van der Waals surface area contributed by atoms with Gasteiger partial charge >= 0.3 is 0 Å². The SMILES string of the molecule is C[C@H](NC(=O)c1ccc2c(c1)OCO2)[C@@H]1C[C@@H]2CC[C@@H]1C2. The lowest BCUT2D eigenvalue weighted by molar-refractivity contribution is 0.0915. The van der Waals surface area contributed by atoms with Crippen LogP contribution in [0.3, 0.4) is 0 Å². The number of carbonyl (C=O) groups excluding carboxylic acids is 1. The molecule has 0 spiro atoms. The molecule has 4 nitrogen and oxygen atoms in total. The van der Waals surface area contributed by atoms with Crippen molar-refractivity contribution in [2.24, 2.45) is 17.8 Å². The number of rotatable bonds is 3. The molecule has 2 fully saturated rings. The van der Waals surface area contributed by atoms with Crippen molar-refractivity contribution in [2.75, 3.05) is 6.79 Å². The van der Waals surface area contributed by atoms with Gasteiger partial charge in [-0.1, -0.05) is 6.42 Å². The van der Waals surface area contributed by atoms with E-state index >= 15 is 0 Å². The molecular weight excluding hydrogens is 266 g/mol. The first-order valence-corrected chi connectivity index (χ1v) is 7.91. The van der Waals surface area contributed by atoms with E-state index in [1.54, 1.807) is 18.2 Å². The van der Waals surface area contributed by atoms with Crippen molar-refractivity contribution in [3.8, 4) is 11.5 Å². The Bertz CT molecular complexity index is 571. The maximum Gasteiger partial charge on any atom is 0.251 e. The van der Waals surface area contributed by atoms with E-state index in [-0.39, 0.29) is 18.7 Å². The molecule has 0 aromatic heterocycles. The van der Waals surface area contributed by atoms with Gasteiger partial charge in [0.2, 0.25) is 6.79 Å². The van der Waals surface area contributed by atoms with Crippen LogP contribution < -0.4 is 14.8 Å². The number of hydrogen-bond donors (Lipinski definition) is 1. The van der Waals surface area contributed by atoms with E-state index in [0.29, 0.717) is 23.0 Å². The van der Waals surface area contributed by atoms with E-state index < -0.39 is 0 Å². The molecule has 1 heterocycles. The molecule has 1 N–H and O–H groups in total. The molecular formula is C17H21NO3. The van der Waals surface area contributed by atoms with Crippen molar-refractivity contribution in [3.63, 3.8) is 0 Å². The summed E-state index contributed by atoms with van der Waals surface area (Å²) < 4.78 is 10.6. The van der Waals surface area contributed by atoms with Crippen molar-refractivity contribution in [3.05, 3.63) is 23.8 Å². The monoisotopic (exact) mass is 287 g/mol. The summed E-state index contributed by atoms with van der Waals surface area (Å²) in [6.45, 7) is 2.39. The highest BCUT2D eigenvalue weighted by atomic mass is 16.7. The van der Waals surface area contributed by atoms with Gasteiger partial charge in [0.25, 0.3) is 5.91 Å². The van der Waals surface area contributed by atoms with Crippen LogP contribution in [0.5, 0.6) is 11.5 Å². The Morgan fingerprint density at radius 2 is 2.10 bits per heavy atom. The standard InChI is InChI=1S/C17H21NO3/c1-10(14-7-11-2-3-12(14)6-11)18-17(19)13-4-5-15-16(8-13)21-9-20-15/h4-5,8,10-12,14H,2-3,6-7,9H2,1H3,(H,18,19)/t10-,11+,12+,14-/m0/s1. The fourth-order valence-corrected chi connectivity index (χ4v) is 4.34. The molecule has 1 aromatic carbocycles. The number of amides is 1. The van der Waals surface area contributed by atoms with Gasteiger partial charge in [0.05, 0.1) is 0 Å². The molecule has 2 aliphatic carbocycles. The summed E-state index contributed by atoms with van der Waals surface area (Å²) in [4.78, 5) is 12.4. The maximum atomic E-state index is 12.4. The summed E-state index contributed by atoms with van der Waals surface area (Å²) in [7, 11) is 0. The minimum Gasteiger partial charge on any atom is -0.454 e. The van der Waals surface area contributed by atoms with E-state index in [2.05, 4.69) is 12.2 Å². The first-order valence-electron chi connectivity index (χ1n) is 7.91. The molecule has 1 amide bonds. The van der Waals surface area contributed by atoms with Crippen LogP contribution in [-0.2, 0) is 0 Å². The van der Waals surface area contributed by atoms with Gasteiger partial charge in [0, 0.05) is 11.6 Å². The molecule has 3 aliphatic rings. The smallest absolute Gasteiger partial charge is 0.251 e. The third-order valence-electron chi connectivity index (χ3n) is 5.43. The average Bonchev–Trinajstić information content (AvgIpc) is 3.21. The molecule has 2 saturated carbocycles. The van der Waals surface area contributed by atoms with Gasteiger partial charge in [-0.05, 0) is 62.1 Å². The summed E-state index contributed by atoms with van der Waals surface area (Å²) in [5, 5.41) is 3.18. The second kappa shape index (κ2) is 4.93. The van der Waals surface area contributed by atoms with E-state index in [9.17, 15) is 4.79 Å².